The summed E-state index contributed by atoms with van der Waals surface area (Å²) in [7, 11) is 0. The zero-order valence-corrected chi connectivity index (χ0v) is 8.89. The second kappa shape index (κ2) is 4.53. The van der Waals surface area contributed by atoms with E-state index in [1.165, 1.54) is 12.1 Å². The highest BCUT2D eigenvalue weighted by Crippen LogP contribution is 2.33. The predicted molar refractivity (Wildman–Crippen MR) is 50.1 cm³/mol. The van der Waals surface area contributed by atoms with Gasteiger partial charge in [-0.15, -0.1) is 13.2 Å². The monoisotopic (exact) mass is 279 g/mol. The average Bonchev–Trinajstić information content (AvgIpc) is 2.10. The molecule has 0 aliphatic carbocycles. The Labute approximate surface area is 92.4 Å². The molecule has 80 valence electrons. The van der Waals surface area contributed by atoms with Gasteiger partial charge in [-0.25, -0.2) is 0 Å². The molecular formula is C9H5BrF3NO. The molecule has 0 N–H and O–H groups in total. The summed E-state index contributed by atoms with van der Waals surface area (Å²) in [5.41, 5.74) is 0.198. The van der Waals surface area contributed by atoms with Gasteiger partial charge < -0.3 is 4.74 Å². The zero-order valence-electron chi connectivity index (χ0n) is 7.31. The number of benzene rings is 1. The lowest BCUT2D eigenvalue weighted by Gasteiger charge is -2.13. The van der Waals surface area contributed by atoms with Crippen LogP contribution in [0.2, 0.25) is 0 Å². The van der Waals surface area contributed by atoms with Crippen LogP contribution >= 0.6 is 15.9 Å². The molecule has 15 heavy (non-hydrogen) atoms. The molecule has 0 spiro atoms. The van der Waals surface area contributed by atoms with Gasteiger partial charge in [0, 0.05) is 5.56 Å². The fourth-order valence-electron chi connectivity index (χ4n) is 1.01. The Morgan fingerprint density at radius 2 is 2.07 bits per heavy atom. The summed E-state index contributed by atoms with van der Waals surface area (Å²) in [5, 5.41) is 8.43. The van der Waals surface area contributed by atoms with Gasteiger partial charge in [0.05, 0.1) is 17.0 Å². The van der Waals surface area contributed by atoms with Crippen molar-refractivity contribution < 1.29 is 17.9 Å². The lowest BCUT2D eigenvalue weighted by atomic mass is 10.1. The third-order valence-corrected chi connectivity index (χ3v) is 2.16. The van der Waals surface area contributed by atoms with Crippen LogP contribution in [0.5, 0.6) is 5.75 Å². The number of rotatable bonds is 2. The molecule has 2 nitrogen and oxygen atoms in total. The Balaban J connectivity index is 3.09. The minimum Gasteiger partial charge on any atom is -0.404 e. The number of ether oxygens (including phenoxy) is 1. The maximum absolute atomic E-state index is 12.0. The Morgan fingerprint density at radius 3 is 2.60 bits per heavy atom. The first-order valence-electron chi connectivity index (χ1n) is 3.84. The normalized spacial score (nSPS) is 10.9. The average molecular weight is 280 g/mol. The summed E-state index contributed by atoms with van der Waals surface area (Å²) < 4.78 is 40.0. The van der Waals surface area contributed by atoms with Gasteiger partial charge in [0.1, 0.15) is 5.75 Å². The summed E-state index contributed by atoms with van der Waals surface area (Å²) >= 11 is 2.94. The van der Waals surface area contributed by atoms with Crippen LogP contribution in [0.25, 0.3) is 0 Å². The van der Waals surface area contributed by atoms with E-state index in [9.17, 15) is 13.2 Å². The molecule has 0 amide bonds. The molecule has 0 aliphatic rings. The maximum atomic E-state index is 12.0. The number of hydrogen-bond donors (Lipinski definition) is 0. The van der Waals surface area contributed by atoms with Crippen molar-refractivity contribution >= 4 is 15.9 Å². The van der Waals surface area contributed by atoms with Crippen molar-refractivity contribution in [3.8, 4) is 11.8 Å². The van der Waals surface area contributed by atoms with Gasteiger partial charge in [0.25, 0.3) is 0 Å². The first-order chi connectivity index (χ1) is 6.94. The Kier molecular flexibility index (Phi) is 3.58. The molecule has 0 bridgehead atoms. The third-order valence-electron chi connectivity index (χ3n) is 1.54. The lowest BCUT2D eigenvalue weighted by Crippen LogP contribution is -2.18. The van der Waals surface area contributed by atoms with Crippen LogP contribution in [0.3, 0.4) is 0 Å². The van der Waals surface area contributed by atoms with Crippen molar-refractivity contribution in [3.05, 3.63) is 28.2 Å². The minimum absolute atomic E-state index is 0.134. The predicted octanol–water partition coefficient (Wildman–Crippen LogP) is 3.41. The van der Waals surface area contributed by atoms with Gasteiger partial charge >= 0.3 is 6.36 Å². The van der Waals surface area contributed by atoms with Gasteiger partial charge in [-0.1, -0.05) is 12.1 Å². The largest absolute Gasteiger partial charge is 0.573 e. The molecule has 0 aliphatic heterocycles. The molecule has 1 aromatic rings. The van der Waals surface area contributed by atoms with E-state index in [-0.39, 0.29) is 22.2 Å². The van der Waals surface area contributed by atoms with E-state index in [2.05, 4.69) is 20.7 Å². The molecule has 0 saturated carbocycles. The van der Waals surface area contributed by atoms with Crippen molar-refractivity contribution in [1.29, 1.82) is 5.26 Å². The molecule has 6 heteroatoms. The highest BCUT2D eigenvalue weighted by Gasteiger charge is 2.32. The smallest absolute Gasteiger partial charge is 0.404 e. The summed E-state index contributed by atoms with van der Waals surface area (Å²) in [4.78, 5) is 0. The number of nitrogens with zero attached hydrogens (tertiary/aromatic N) is 1. The van der Waals surface area contributed by atoms with E-state index in [0.29, 0.717) is 0 Å². The molecule has 1 rings (SSSR count). The number of nitriles is 1. The first-order valence-corrected chi connectivity index (χ1v) is 4.63. The first kappa shape index (κ1) is 11.9. The summed E-state index contributed by atoms with van der Waals surface area (Å²) in [6.45, 7) is 0. The van der Waals surface area contributed by atoms with E-state index in [1.54, 1.807) is 12.1 Å². The van der Waals surface area contributed by atoms with Gasteiger partial charge in [0.2, 0.25) is 0 Å². The summed E-state index contributed by atoms with van der Waals surface area (Å²) in [5.74, 6) is -0.355. The van der Waals surface area contributed by atoms with Crippen LogP contribution in [0.1, 0.15) is 5.56 Å². The molecular weight excluding hydrogens is 275 g/mol. The highest BCUT2D eigenvalue weighted by molar-refractivity contribution is 9.10. The van der Waals surface area contributed by atoms with Crippen LogP contribution in [0.4, 0.5) is 13.2 Å². The molecule has 0 heterocycles. The van der Waals surface area contributed by atoms with Crippen molar-refractivity contribution in [2.24, 2.45) is 0 Å². The minimum atomic E-state index is -4.76. The van der Waals surface area contributed by atoms with Gasteiger partial charge in [0.15, 0.2) is 0 Å². The van der Waals surface area contributed by atoms with Gasteiger partial charge in [-0.2, -0.15) is 5.26 Å². The molecule has 0 fully saturated rings. The zero-order chi connectivity index (χ0) is 11.5. The van der Waals surface area contributed by atoms with E-state index >= 15 is 0 Å². The molecule has 1 aromatic carbocycles. The van der Waals surface area contributed by atoms with Crippen molar-refractivity contribution in [1.82, 2.24) is 0 Å². The number of para-hydroxylation sites is 1. The highest BCUT2D eigenvalue weighted by atomic mass is 79.9. The van der Waals surface area contributed by atoms with Crippen LogP contribution < -0.4 is 4.74 Å². The van der Waals surface area contributed by atoms with E-state index < -0.39 is 6.36 Å². The fraction of sp³-hybridized carbons (Fsp3) is 0.222. The number of alkyl halides is 3. The maximum Gasteiger partial charge on any atom is 0.573 e. The Morgan fingerprint density at radius 1 is 1.40 bits per heavy atom. The van der Waals surface area contributed by atoms with Crippen molar-refractivity contribution in [2.45, 2.75) is 12.8 Å². The standard InChI is InChI=1S/C9H5BrF3NO/c10-7-3-1-2-6(4-5-14)8(7)15-9(11,12)13/h1-3H,4H2. The Bertz CT molecular complexity index is 397. The SMILES string of the molecule is N#CCc1cccc(Br)c1OC(F)(F)F. The molecule has 0 radical (unpaired) electrons. The summed E-state index contributed by atoms with van der Waals surface area (Å²) in [6.07, 6.45) is -4.89. The summed E-state index contributed by atoms with van der Waals surface area (Å²) in [6, 6.07) is 6.14. The van der Waals surface area contributed by atoms with Crippen molar-refractivity contribution in [3.63, 3.8) is 0 Å². The third kappa shape index (κ3) is 3.44. The van der Waals surface area contributed by atoms with Gasteiger partial charge in [-0.3, -0.25) is 0 Å². The molecule has 0 atom stereocenters. The quantitative estimate of drug-likeness (QED) is 0.831. The molecule has 0 aromatic heterocycles. The molecule has 0 saturated heterocycles. The van der Waals surface area contributed by atoms with Crippen LogP contribution in [0, 0.1) is 11.3 Å². The molecule has 0 unspecified atom stereocenters. The van der Waals surface area contributed by atoms with Crippen molar-refractivity contribution in [2.75, 3.05) is 0 Å². The van der Waals surface area contributed by atoms with Crippen LogP contribution in [-0.4, -0.2) is 6.36 Å². The fourth-order valence-corrected chi connectivity index (χ4v) is 1.50. The van der Waals surface area contributed by atoms with E-state index in [4.69, 9.17) is 5.26 Å². The topological polar surface area (TPSA) is 33.0 Å². The van der Waals surface area contributed by atoms with Gasteiger partial charge in [-0.05, 0) is 22.0 Å². The van der Waals surface area contributed by atoms with E-state index in [0.717, 1.165) is 0 Å². The van der Waals surface area contributed by atoms with Crippen LogP contribution in [0.15, 0.2) is 22.7 Å². The Hall–Kier alpha value is -1.22. The number of halogens is 4. The second-order valence-electron chi connectivity index (χ2n) is 2.61. The van der Waals surface area contributed by atoms with Crippen LogP contribution in [-0.2, 0) is 6.42 Å². The number of hydrogen-bond acceptors (Lipinski definition) is 2. The lowest BCUT2D eigenvalue weighted by molar-refractivity contribution is -0.275. The van der Waals surface area contributed by atoms with E-state index in [1.807, 2.05) is 0 Å². The second-order valence-corrected chi connectivity index (χ2v) is 3.47.